The molecule has 3 rings (SSSR count). The third kappa shape index (κ3) is 3.31. The Bertz CT molecular complexity index is 881. The van der Waals surface area contributed by atoms with Gasteiger partial charge >= 0.3 is 0 Å². The van der Waals surface area contributed by atoms with Crippen molar-refractivity contribution < 1.29 is 9.18 Å². The lowest BCUT2D eigenvalue weighted by Gasteiger charge is -2.08. The topological polar surface area (TPSA) is 95.8 Å². The number of rotatable bonds is 4. The van der Waals surface area contributed by atoms with E-state index in [0.29, 0.717) is 11.4 Å². The zero-order valence-corrected chi connectivity index (χ0v) is 13.1. The van der Waals surface area contributed by atoms with Crippen LogP contribution in [0.4, 0.5) is 27.4 Å². The number of halogens is 2. The van der Waals surface area contributed by atoms with Crippen molar-refractivity contribution in [2.24, 2.45) is 0 Å². The van der Waals surface area contributed by atoms with Gasteiger partial charge in [-0.15, -0.1) is 0 Å². The highest BCUT2D eigenvalue weighted by Crippen LogP contribution is 2.26. The zero-order valence-electron chi connectivity index (χ0n) is 12.3. The fourth-order valence-electron chi connectivity index (χ4n) is 2.10. The van der Waals surface area contributed by atoms with E-state index >= 15 is 0 Å². The number of aromatic amines is 1. The Hall–Kier alpha value is -3.06. The number of nitrogens with zero attached hydrogens (tertiary/aromatic N) is 1. The molecule has 0 aliphatic heterocycles. The number of carbonyl (C=O) groups excluding carboxylic acids is 1. The zero-order chi connectivity index (χ0) is 17.1. The first kappa shape index (κ1) is 15.8. The molecule has 1 amide bonds. The van der Waals surface area contributed by atoms with Crippen molar-refractivity contribution in [3.63, 3.8) is 0 Å². The number of hydrogen-bond donors (Lipinski definition) is 4. The molecule has 2 aromatic carbocycles. The molecular weight excluding hydrogens is 333 g/mol. The van der Waals surface area contributed by atoms with Crippen molar-refractivity contribution in [2.45, 2.75) is 0 Å². The van der Waals surface area contributed by atoms with Crippen molar-refractivity contribution in [3.05, 3.63) is 64.9 Å². The van der Waals surface area contributed by atoms with E-state index in [1.54, 1.807) is 24.3 Å². The minimum absolute atomic E-state index is 0.0428. The van der Waals surface area contributed by atoms with Crippen molar-refractivity contribution in [1.29, 1.82) is 0 Å². The summed E-state index contributed by atoms with van der Waals surface area (Å²) in [7, 11) is 0. The van der Waals surface area contributed by atoms with Gasteiger partial charge in [-0.2, -0.15) is 5.10 Å². The maximum atomic E-state index is 13.2. The summed E-state index contributed by atoms with van der Waals surface area (Å²) in [5.41, 5.74) is 7.05. The molecule has 8 heteroatoms. The normalized spacial score (nSPS) is 10.4. The monoisotopic (exact) mass is 345 g/mol. The number of anilines is 4. The predicted molar refractivity (Wildman–Crippen MR) is 92.1 cm³/mol. The first-order valence-corrected chi connectivity index (χ1v) is 7.34. The van der Waals surface area contributed by atoms with Crippen LogP contribution in [-0.2, 0) is 0 Å². The van der Waals surface area contributed by atoms with Gasteiger partial charge in [0.1, 0.15) is 17.2 Å². The van der Waals surface area contributed by atoms with Crippen LogP contribution in [0.1, 0.15) is 10.4 Å². The Balaban J connectivity index is 1.85. The van der Waals surface area contributed by atoms with Crippen LogP contribution in [0.5, 0.6) is 0 Å². The molecule has 3 aromatic rings. The highest BCUT2D eigenvalue weighted by molar-refractivity contribution is 6.31. The lowest BCUT2D eigenvalue weighted by Crippen LogP contribution is -2.14. The fraction of sp³-hybridized carbons (Fsp3) is 0. The molecule has 0 unspecified atom stereocenters. The molecule has 6 nitrogen and oxygen atoms in total. The van der Waals surface area contributed by atoms with Gasteiger partial charge in [0.15, 0.2) is 5.82 Å². The SMILES string of the molecule is Nc1[nH]nc(Nc2ccc(F)c(Cl)c2)c1C(=O)Nc1ccccc1. The summed E-state index contributed by atoms with van der Waals surface area (Å²) in [4.78, 5) is 12.5. The molecule has 0 bridgehead atoms. The van der Waals surface area contributed by atoms with E-state index in [1.807, 2.05) is 6.07 Å². The van der Waals surface area contributed by atoms with Crippen LogP contribution in [-0.4, -0.2) is 16.1 Å². The number of H-pyrrole nitrogens is 1. The molecule has 24 heavy (non-hydrogen) atoms. The molecular formula is C16H13ClFN5O. The van der Waals surface area contributed by atoms with Gasteiger partial charge in [0, 0.05) is 11.4 Å². The Morgan fingerprint density at radius 3 is 2.62 bits per heavy atom. The lowest BCUT2D eigenvalue weighted by atomic mass is 10.2. The van der Waals surface area contributed by atoms with E-state index in [9.17, 15) is 9.18 Å². The predicted octanol–water partition coefficient (Wildman–Crippen LogP) is 3.78. The summed E-state index contributed by atoms with van der Waals surface area (Å²) >= 11 is 5.75. The number of benzene rings is 2. The fourth-order valence-corrected chi connectivity index (χ4v) is 2.28. The van der Waals surface area contributed by atoms with Crippen molar-refractivity contribution in [2.75, 3.05) is 16.4 Å². The summed E-state index contributed by atoms with van der Waals surface area (Å²) in [6.45, 7) is 0. The van der Waals surface area contributed by atoms with Crippen LogP contribution in [0.3, 0.4) is 0 Å². The van der Waals surface area contributed by atoms with E-state index in [2.05, 4.69) is 20.8 Å². The number of para-hydroxylation sites is 1. The van der Waals surface area contributed by atoms with E-state index in [1.165, 1.54) is 18.2 Å². The maximum absolute atomic E-state index is 13.2. The Kier molecular flexibility index (Phi) is 4.35. The van der Waals surface area contributed by atoms with Crippen LogP contribution in [0.25, 0.3) is 0 Å². The Labute approximate surface area is 141 Å². The van der Waals surface area contributed by atoms with Gasteiger partial charge in [0.05, 0.1) is 5.02 Å². The van der Waals surface area contributed by atoms with Crippen LogP contribution in [0.2, 0.25) is 5.02 Å². The van der Waals surface area contributed by atoms with Crippen molar-refractivity contribution in [3.8, 4) is 0 Å². The minimum Gasteiger partial charge on any atom is -0.383 e. The number of amides is 1. The van der Waals surface area contributed by atoms with Gasteiger partial charge in [-0.25, -0.2) is 4.39 Å². The second kappa shape index (κ2) is 6.59. The van der Waals surface area contributed by atoms with Gasteiger partial charge in [0.25, 0.3) is 5.91 Å². The molecule has 0 spiro atoms. The average Bonchev–Trinajstić information content (AvgIpc) is 2.92. The number of nitrogens with one attached hydrogen (secondary N) is 3. The molecule has 0 aliphatic rings. The van der Waals surface area contributed by atoms with Crippen LogP contribution in [0.15, 0.2) is 48.5 Å². The summed E-state index contributed by atoms with van der Waals surface area (Å²) in [5, 5.41) is 12.1. The van der Waals surface area contributed by atoms with Crippen molar-refractivity contribution in [1.82, 2.24) is 10.2 Å². The number of nitrogen functional groups attached to an aromatic ring is 1. The summed E-state index contributed by atoms with van der Waals surface area (Å²) < 4.78 is 13.2. The highest BCUT2D eigenvalue weighted by Gasteiger charge is 2.19. The van der Waals surface area contributed by atoms with Crippen LogP contribution < -0.4 is 16.4 Å². The van der Waals surface area contributed by atoms with Gasteiger partial charge in [0.2, 0.25) is 0 Å². The second-order valence-corrected chi connectivity index (χ2v) is 5.34. The third-order valence-corrected chi connectivity index (χ3v) is 3.53. The molecule has 0 aliphatic carbocycles. The largest absolute Gasteiger partial charge is 0.383 e. The van der Waals surface area contributed by atoms with Gasteiger partial charge in [-0.3, -0.25) is 9.89 Å². The van der Waals surface area contributed by atoms with Gasteiger partial charge in [-0.05, 0) is 30.3 Å². The Morgan fingerprint density at radius 2 is 1.92 bits per heavy atom. The molecule has 122 valence electrons. The molecule has 1 heterocycles. The van der Waals surface area contributed by atoms with Crippen molar-refractivity contribution >= 4 is 40.5 Å². The maximum Gasteiger partial charge on any atom is 0.263 e. The third-order valence-electron chi connectivity index (χ3n) is 3.24. The standard InChI is InChI=1S/C16H13ClFN5O/c17-11-8-10(6-7-12(11)18)20-15-13(14(19)22-23-15)16(24)21-9-4-2-1-3-5-9/h1-8H,(H,21,24)(H4,19,20,22,23). The highest BCUT2D eigenvalue weighted by atomic mass is 35.5. The van der Waals surface area contributed by atoms with Crippen LogP contribution >= 0.6 is 11.6 Å². The smallest absolute Gasteiger partial charge is 0.263 e. The first-order valence-electron chi connectivity index (χ1n) is 6.97. The number of hydrogen-bond acceptors (Lipinski definition) is 4. The summed E-state index contributed by atoms with van der Waals surface area (Å²) in [6.07, 6.45) is 0. The molecule has 0 radical (unpaired) electrons. The summed E-state index contributed by atoms with van der Waals surface area (Å²) in [5.74, 6) is -0.642. The number of carbonyl (C=O) groups is 1. The molecule has 0 saturated heterocycles. The molecule has 0 saturated carbocycles. The van der Waals surface area contributed by atoms with Gasteiger partial charge < -0.3 is 16.4 Å². The lowest BCUT2D eigenvalue weighted by molar-refractivity contribution is 0.102. The van der Waals surface area contributed by atoms with E-state index in [-0.39, 0.29) is 22.2 Å². The second-order valence-electron chi connectivity index (χ2n) is 4.93. The molecule has 1 aromatic heterocycles. The quantitative estimate of drug-likeness (QED) is 0.578. The molecule has 0 fully saturated rings. The van der Waals surface area contributed by atoms with Gasteiger partial charge in [-0.1, -0.05) is 29.8 Å². The number of nitrogens with two attached hydrogens (primary N) is 1. The molecule has 5 N–H and O–H groups in total. The minimum atomic E-state index is -0.536. The summed E-state index contributed by atoms with van der Waals surface area (Å²) in [6, 6.07) is 13.0. The van der Waals surface area contributed by atoms with E-state index in [0.717, 1.165) is 0 Å². The van der Waals surface area contributed by atoms with E-state index in [4.69, 9.17) is 17.3 Å². The van der Waals surface area contributed by atoms with Crippen LogP contribution in [0, 0.1) is 5.82 Å². The average molecular weight is 346 g/mol. The van der Waals surface area contributed by atoms with E-state index < -0.39 is 11.7 Å². The number of aromatic nitrogens is 2. The first-order chi connectivity index (χ1) is 11.5. The Morgan fingerprint density at radius 1 is 1.17 bits per heavy atom. The molecule has 0 atom stereocenters.